The predicted molar refractivity (Wildman–Crippen MR) is 122 cm³/mol. The number of aromatic hydroxyl groups is 1. The second-order valence-corrected chi connectivity index (χ2v) is 6.99. The molecule has 0 unspecified atom stereocenters. The third kappa shape index (κ3) is 4.43. The fourth-order valence-corrected chi connectivity index (χ4v) is 3.21. The van der Waals surface area contributed by atoms with Crippen LogP contribution in [-0.4, -0.2) is 23.8 Å². The Labute approximate surface area is 179 Å². The van der Waals surface area contributed by atoms with E-state index < -0.39 is 0 Å². The van der Waals surface area contributed by atoms with Gasteiger partial charge in [0, 0.05) is 22.9 Å². The lowest BCUT2D eigenvalue weighted by atomic mass is 10.1. The number of anilines is 1. The third-order valence-electron chi connectivity index (χ3n) is 4.79. The number of aryl methyl sites for hydroxylation is 1. The minimum Gasteiger partial charge on any atom is -0.504 e. The van der Waals surface area contributed by atoms with Gasteiger partial charge in [0.2, 0.25) is 0 Å². The Kier molecular flexibility index (Phi) is 5.71. The Balaban J connectivity index is 1.50. The lowest BCUT2D eigenvalue weighted by Crippen LogP contribution is -2.11. The predicted octanol–water partition coefficient (Wildman–Crippen LogP) is 5.85. The summed E-state index contributed by atoms with van der Waals surface area (Å²) < 4.78 is 11.0. The molecule has 6 nitrogen and oxygen atoms in total. The monoisotopic (exact) mass is 414 g/mol. The number of ether oxygens (including phenoxy) is 1. The van der Waals surface area contributed by atoms with Crippen LogP contribution in [0.4, 0.5) is 11.4 Å². The van der Waals surface area contributed by atoms with E-state index >= 15 is 0 Å². The van der Waals surface area contributed by atoms with Gasteiger partial charge in [-0.2, -0.15) is 0 Å². The van der Waals surface area contributed by atoms with Gasteiger partial charge in [-0.1, -0.05) is 24.3 Å². The van der Waals surface area contributed by atoms with Crippen LogP contribution in [0.5, 0.6) is 11.5 Å². The van der Waals surface area contributed by atoms with Crippen molar-refractivity contribution in [3.63, 3.8) is 0 Å². The smallest absolute Gasteiger partial charge is 0.291 e. The second-order valence-electron chi connectivity index (χ2n) is 6.99. The minimum absolute atomic E-state index is 0.0551. The van der Waals surface area contributed by atoms with Gasteiger partial charge in [0.1, 0.15) is 5.58 Å². The maximum atomic E-state index is 12.6. The number of furan rings is 1. The number of nitrogens with one attached hydrogen (secondary N) is 1. The van der Waals surface area contributed by atoms with Crippen LogP contribution in [-0.2, 0) is 0 Å². The molecule has 6 heteroatoms. The zero-order valence-electron chi connectivity index (χ0n) is 17.3. The molecule has 4 rings (SSSR count). The van der Waals surface area contributed by atoms with Gasteiger partial charge in [-0.25, -0.2) is 0 Å². The fourth-order valence-electron chi connectivity index (χ4n) is 3.21. The molecule has 3 aromatic carbocycles. The van der Waals surface area contributed by atoms with Gasteiger partial charge in [0.25, 0.3) is 5.91 Å². The van der Waals surface area contributed by atoms with Crippen molar-refractivity contribution in [2.45, 2.75) is 13.8 Å². The zero-order chi connectivity index (χ0) is 21.8. The van der Waals surface area contributed by atoms with Crippen molar-refractivity contribution in [1.82, 2.24) is 0 Å². The van der Waals surface area contributed by atoms with Crippen molar-refractivity contribution in [3.8, 4) is 11.5 Å². The lowest BCUT2D eigenvalue weighted by Gasteiger charge is -2.08. The Morgan fingerprint density at radius 2 is 1.97 bits per heavy atom. The number of hydrogen-bond donors (Lipinski definition) is 2. The maximum Gasteiger partial charge on any atom is 0.291 e. The molecule has 0 spiro atoms. The van der Waals surface area contributed by atoms with Crippen molar-refractivity contribution in [1.29, 1.82) is 0 Å². The SMILES string of the molecule is CCOc1cccc(C=Nc2ccc(NC(=O)c3cc4ccccc4o3)c(C)c2)c1O. The van der Waals surface area contributed by atoms with E-state index in [2.05, 4.69) is 10.3 Å². The Morgan fingerprint density at radius 3 is 2.74 bits per heavy atom. The Morgan fingerprint density at radius 1 is 1.13 bits per heavy atom. The number of carbonyl (C=O) groups excluding carboxylic acids is 1. The highest BCUT2D eigenvalue weighted by atomic mass is 16.5. The van der Waals surface area contributed by atoms with Crippen molar-refractivity contribution in [2.75, 3.05) is 11.9 Å². The van der Waals surface area contributed by atoms with Crippen LogP contribution >= 0.6 is 0 Å². The molecule has 0 aliphatic heterocycles. The molecule has 2 N–H and O–H groups in total. The molecule has 31 heavy (non-hydrogen) atoms. The van der Waals surface area contributed by atoms with Gasteiger partial charge in [-0.3, -0.25) is 9.79 Å². The summed E-state index contributed by atoms with van der Waals surface area (Å²) in [4.78, 5) is 17.0. The van der Waals surface area contributed by atoms with E-state index in [1.165, 1.54) is 0 Å². The molecule has 4 aromatic rings. The van der Waals surface area contributed by atoms with Crippen LogP contribution in [0.2, 0.25) is 0 Å². The van der Waals surface area contributed by atoms with Crippen LogP contribution in [0.25, 0.3) is 11.0 Å². The standard InChI is InChI=1S/C25H22N2O4/c1-3-30-22-10-6-8-18(24(22)28)15-26-19-11-12-20(16(2)13-19)27-25(29)23-14-17-7-4-5-9-21(17)31-23/h4-15,28H,3H2,1-2H3,(H,27,29). The number of benzene rings is 3. The van der Waals surface area contributed by atoms with Crippen LogP contribution in [0.1, 0.15) is 28.6 Å². The molecule has 1 aromatic heterocycles. The number of carbonyl (C=O) groups is 1. The molecule has 0 saturated heterocycles. The van der Waals surface area contributed by atoms with Crippen molar-refractivity contribution < 1.29 is 19.1 Å². The fraction of sp³-hybridized carbons (Fsp3) is 0.120. The Bertz CT molecular complexity index is 1240. The molecule has 156 valence electrons. The van der Waals surface area contributed by atoms with Gasteiger partial charge in [-0.15, -0.1) is 0 Å². The average molecular weight is 414 g/mol. The lowest BCUT2D eigenvalue weighted by molar-refractivity contribution is 0.0998. The number of phenolic OH excluding ortho intramolecular Hbond substituents is 1. The summed E-state index contributed by atoms with van der Waals surface area (Å²) >= 11 is 0. The number of para-hydroxylation sites is 2. The summed E-state index contributed by atoms with van der Waals surface area (Å²) in [6.07, 6.45) is 1.58. The van der Waals surface area contributed by atoms with E-state index in [-0.39, 0.29) is 17.4 Å². The number of amides is 1. The highest BCUT2D eigenvalue weighted by Crippen LogP contribution is 2.29. The molecule has 0 radical (unpaired) electrons. The molecule has 0 aliphatic carbocycles. The van der Waals surface area contributed by atoms with Gasteiger partial charge in [0.15, 0.2) is 17.3 Å². The normalized spacial score (nSPS) is 11.2. The van der Waals surface area contributed by atoms with Crippen LogP contribution in [0, 0.1) is 6.92 Å². The number of nitrogens with zero attached hydrogens (tertiary/aromatic N) is 1. The van der Waals surface area contributed by atoms with Gasteiger partial charge in [-0.05, 0) is 61.9 Å². The van der Waals surface area contributed by atoms with Crippen molar-refractivity contribution in [2.24, 2.45) is 4.99 Å². The molecular formula is C25H22N2O4. The third-order valence-corrected chi connectivity index (χ3v) is 4.79. The Hall–Kier alpha value is -4.06. The van der Waals surface area contributed by atoms with Gasteiger partial charge in [0.05, 0.1) is 12.3 Å². The summed E-state index contributed by atoms with van der Waals surface area (Å²) in [5.74, 6) is 0.423. The summed E-state index contributed by atoms with van der Waals surface area (Å²) in [6.45, 7) is 4.21. The number of aliphatic imine (C=N–C) groups is 1. The van der Waals surface area contributed by atoms with Crippen LogP contribution in [0.15, 0.2) is 76.1 Å². The first-order valence-electron chi connectivity index (χ1n) is 9.94. The van der Waals surface area contributed by atoms with Crippen molar-refractivity contribution >= 4 is 34.5 Å². The second kappa shape index (κ2) is 8.75. The van der Waals surface area contributed by atoms with E-state index in [1.807, 2.05) is 44.2 Å². The number of rotatable bonds is 6. The quantitative estimate of drug-likeness (QED) is 0.388. The van der Waals surface area contributed by atoms with Crippen LogP contribution in [0.3, 0.4) is 0 Å². The van der Waals surface area contributed by atoms with E-state index in [0.29, 0.717) is 34.9 Å². The van der Waals surface area contributed by atoms with Gasteiger partial charge < -0.3 is 19.6 Å². The number of phenols is 1. The van der Waals surface area contributed by atoms with E-state index in [0.717, 1.165) is 10.9 Å². The summed E-state index contributed by atoms with van der Waals surface area (Å²) in [5, 5.41) is 14.0. The number of hydrogen-bond acceptors (Lipinski definition) is 5. The summed E-state index contributed by atoms with van der Waals surface area (Å²) in [5.41, 5.74) is 3.45. The maximum absolute atomic E-state index is 12.6. The van der Waals surface area contributed by atoms with E-state index in [1.54, 1.807) is 42.6 Å². The molecule has 0 atom stereocenters. The largest absolute Gasteiger partial charge is 0.504 e. The first-order chi connectivity index (χ1) is 15.0. The molecule has 1 heterocycles. The highest BCUT2D eigenvalue weighted by molar-refractivity contribution is 6.05. The highest BCUT2D eigenvalue weighted by Gasteiger charge is 2.13. The van der Waals surface area contributed by atoms with Crippen molar-refractivity contribution in [3.05, 3.63) is 83.6 Å². The number of fused-ring (bicyclic) bond motifs is 1. The molecular weight excluding hydrogens is 392 g/mol. The molecule has 1 amide bonds. The summed E-state index contributed by atoms with van der Waals surface area (Å²) in [6, 6.07) is 19.9. The van der Waals surface area contributed by atoms with E-state index in [4.69, 9.17) is 9.15 Å². The van der Waals surface area contributed by atoms with Gasteiger partial charge >= 0.3 is 0 Å². The van der Waals surface area contributed by atoms with E-state index in [9.17, 15) is 9.90 Å². The summed E-state index contributed by atoms with van der Waals surface area (Å²) in [7, 11) is 0. The average Bonchev–Trinajstić information content (AvgIpc) is 3.21. The first kappa shape index (κ1) is 20.2. The molecule has 0 fully saturated rings. The van der Waals surface area contributed by atoms with Crippen LogP contribution < -0.4 is 10.1 Å². The molecule has 0 saturated carbocycles. The molecule has 0 aliphatic rings. The zero-order valence-corrected chi connectivity index (χ0v) is 17.3. The first-order valence-corrected chi connectivity index (χ1v) is 9.94. The topological polar surface area (TPSA) is 84.1 Å². The molecule has 0 bridgehead atoms. The minimum atomic E-state index is -0.312.